The molecule has 3 heteroatoms. The molecule has 2 rings (SSSR count). The minimum atomic E-state index is -0.815. The molecule has 0 bridgehead atoms. The summed E-state index contributed by atoms with van der Waals surface area (Å²) in [6, 6.07) is 6.40. The van der Waals surface area contributed by atoms with Gasteiger partial charge in [-0.05, 0) is 31.0 Å². The summed E-state index contributed by atoms with van der Waals surface area (Å²) < 4.78 is 18.3. The molecular weight excluding hydrogens is 207 g/mol. The van der Waals surface area contributed by atoms with E-state index in [9.17, 15) is 9.50 Å². The number of ether oxygens (including phenoxy) is 1. The first-order valence-electron chi connectivity index (χ1n) is 5.62. The van der Waals surface area contributed by atoms with Crippen molar-refractivity contribution in [2.45, 2.75) is 25.4 Å². The molecule has 0 radical (unpaired) electrons. The second-order valence-corrected chi connectivity index (χ2v) is 4.72. The van der Waals surface area contributed by atoms with Gasteiger partial charge in [0.1, 0.15) is 5.82 Å². The minimum Gasteiger partial charge on any atom is -0.389 e. The first kappa shape index (κ1) is 11.6. The van der Waals surface area contributed by atoms with Crippen LogP contribution in [0.2, 0.25) is 0 Å². The summed E-state index contributed by atoms with van der Waals surface area (Å²) in [6.45, 7) is 3.11. The number of hydrogen-bond acceptors (Lipinski definition) is 2. The lowest BCUT2D eigenvalue weighted by Crippen LogP contribution is -2.37. The van der Waals surface area contributed by atoms with Crippen molar-refractivity contribution in [1.82, 2.24) is 0 Å². The SMILES string of the molecule is CC(O)(Cc1cccc(F)c1)C1CCOC1. The Hall–Kier alpha value is -0.930. The molecule has 1 heterocycles. The van der Waals surface area contributed by atoms with Crippen LogP contribution in [0.3, 0.4) is 0 Å². The Morgan fingerprint density at radius 1 is 1.56 bits per heavy atom. The molecule has 0 aromatic heterocycles. The van der Waals surface area contributed by atoms with Gasteiger partial charge in [-0.3, -0.25) is 0 Å². The Balaban J connectivity index is 2.07. The Bertz CT molecular complexity index is 357. The van der Waals surface area contributed by atoms with Crippen LogP contribution in [-0.4, -0.2) is 23.9 Å². The Morgan fingerprint density at radius 2 is 2.38 bits per heavy atom. The Kier molecular flexibility index (Phi) is 3.26. The molecule has 0 amide bonds. The molecule has 1 aromatic rings. The molecule has 0 spiro atoms. The smallest absolute Gasteiger partial charge is 0.123 e. The zero-order valence-electron chi connectivity index (χ0n) is 9.45. The highest BCUT2D eigenvalue weighted by atomic mass is 19.1. The van der Waals surface area contributed by atoms with Crippen LogP contribution in [0.25, 0.3) is 0 Å². The van der Waals surface area contributed by atoms with E-state index in [0.717, 1.165) is 12.0 Å². The zero-order chi connectivity index (χ0) is 11.6. The molecule has 16 heavy (non-hydrogen) atoms. The van der Waals surface area contributed by atoms with Crippen LogP contribution in [0.5, 0.6) is 0 Å². The number of aliphatic hydroxyl groups is 1. The lowest BCUT2D eigenvalue weighted by molar-refractivity contribution is -0.00457. The average Bonchev–Trinajstić information content (AvgIpc) is 2.69. The van der Waals surface area contributed by atoms with E-state index in [1.807, 2.05) is 6.07 Å². The molecule has 1 N–H and O–H groups in total. The lowest BCUT2D eigenvalue weighted by Gasteiger charge is -2.29. The summed E-state index contributed by atoms with van der Waals surface area (Å²) in [5.74, 6) is -0.105. The second-order valence-electron chi connectivity index (χ2n) is 4.72. The van der Waals surface area contributed by atoms with Gasteiger partial charge in [-0.1, -0.05) is 12.1 Å². The summed E-state index contributed by atoms with van der Waals surface area (Å²) in [5.41, 5.74) is 0.0153. The molecule has 1 fully saturated rings. The first-order valence-corrected chi connectivity index (χ1v) is 5.62. The highest BCUT2D eigenvalue weighted by Gasteiger charge is 2.34. The fraction of sp³-hybridized carbons (Fsp3) is 0.538. The minimum absolute atomic E-state index is 0.149. The molecule has 1 aromatic carbocycles. The Morgan fingerprint density at radius 3 is 3.00 bits per heavy atom. The molecular formula is C13H17FO2. The van der Waals surface area contributed by atoms with Crippen molar-refractivity contribution in [3.05, 3.63) is 35.6 Å². The number of halogens is 1. The maximum absolute atomic E-state index is 13.0. The van der Waals surface area contributed by atoms with Gasteiger partial charge in [-0.15, -0.1) is 0 Å². The van der Waals surface area contributed by atoms with E-state index in [1.165, 1.54) is 12.1 Å². The molecule has 1 aliphatic rings. The first-order chi connectivity index (χ1) is 7.58. The largest absolute Gasteiger partial charge is 0.389 e. The van der Waals surface area contributed by atoms with Crippen molar-refractivity contribution in [3.8, 4) is 0 Å². The van der Waals surface area contributed by atoms with Crippen molar-refractivity contribution < 1.29 is 14.2 Å². The summed E-state index contributed by atoms with van der Waals surface area (Å²) in [7, 11) is 0. The molecule has 1 saturated heterocycles. The molecule has 0 aliphatic carbocycles. The third-order valence-electron chi connectivity index (χ3n) is 3.26. The van der Waals surface area contributed by atoms with E-state index in [4.69, 9.17) is 4.74 Å². The summed E-state index contributed by atoms with van der Waals surface area (Å²) in [4.78, 5) is 0. The molecule has 2 nitrogen and oxygen atoms in total. The van der Waals surface area contributed by atoms with E-state index < -0.39 is 5.60 Å². The fourth-order valence-electron chi connectivity index (χ4n) is 2.23. The third-order valence-corrected chi connectivity index (χ3v) is 3.26. The van der Waals surface area contributed by atoms with Crippen molar-refractivity contribution in [3.63, 3.8) is 0 Å². The topological polar surface area (TPSA) is 29.5 Å². The van der Waals surface area contributed by atoms with Gasteiger partial charge in [0.15, 0.2) is 0 Å². The molecule has 1 aliphatic heterocycles. The quantitative estimate of drug-likeness (QED) is 0.852. The zero-order valence-corrected chi connectivity index (χ0v) is 9.45. The highest BCUT2D eigenvalue weighted by molar-refractivity contribution is 5.18. The van der Waals surface area contributed by atoms with Gasteiger partial charge in [-0.25, -0.2) is 4.39 Å². The van der Waals surface area contributed by atoms with E-state index in [2.05, 4.69) is 0 Å². The fourth-order valence-corrected chi connectivity index (χ4v) is 2.23. The summed E-state index contributed by atoms with van der Waals surface area (Å²) >= 11 is 0. The van der Waals surface area contributed by atoms with Gasteiger partial charge in [0, 0.05) is 18.9 Å². The van der Waals surface area contributed by atoms with E-state index >= 15 is 0 Å². The van der Waals surface area contributed by atoms with Gasteiger partial charge in [0.2, 0.25) is 0 Å². The van der Waals surface area contributed by atoms with E-state index in [0.29, 0.717) is 19.6 Å². The van der Waals surface area contributed by atoms with Gasteiger partial charge in [-0.2, -0.15) is 0 Å². The summed E-state index contributed by atoms with van der Waals surface area (Å²) in [5, 5.41) is 10.4. The van der Waals surface area contributed by atoms with Crippen molar-refractivity contribution in [1.29, 1.82) is 0 Å². The van der Waals surface area contributed by atoms with Crippen LogP contribution < -0.4 is 0 Å². The van der Waals surface area contributed by atoms with Gasteiger partial charge < -0.3 is 9.84 Å². The van der Waals surface area contributed by atoms with Crippen LogP contribution in [0, 0.1) is 11.7 Å². The van der Waals surface area contributed by atoms with Gasteiger partial charge in [0.05, 0.1) is 12.2 Å². The molecule has 2 unspecified atom stereocenters. The average molecular weight is 224 g/mol. The highest BCUT2D eigenvalue weighted by Crippen LogP contribution is 2.29. The van der Waals surface area contributed by atoms with Crippen LogP contribution >= 0.6 is 0 Å². The van der Waals surface area contributed by atoms with E-state index in [-0.39, 0.29) is 11.7 Å². The number of hydrogen-bond donors (Lipinski definition) is 1. The maximum atomic E-state index is 13.0. The predicted octanol–water partition coefficient (Wildman–Crippen LogP) is 2.16. The second kappa shape index (κ2) is 4.52. The van der Waals surface area contributed by atoms with Crippen LogP contribution in [0.4, 0.5) is 4.39 Å². The van der Waals surface area contributed by atoms with Gasteiger partial charge >= 0.3 is 0 Å². The molecule has 2 atom stereocenters. The number of benzene rings is 1. The van der Waals surface area contributed by atoms with Gasteiger partial charge in [0.25, 0.3) is 0 Å². The van der Waals surface area contributed by atoms with Crippen LogP contribution in [0.1, 0.15) is 18.9 Å². The Labute approximate surface area is 95.1 Å². The molecule has 88 valence electrons. The van der Waals surface area contributed by atoms with E-state index in [1.54, 1.807) is 13.0 Å². The van der Waals surface area contributed by atoms with Crippen molar-refractivity contribution in [2.75, 3.05) is 13.2 Å². The van der Waals surface area contributed by atoms with Crippen molar-refractivity contribution >= 4 is 0 Å². The summed E-state index contributed by atoms with van der Waals surface area (Å²) in [6.07, 6.45) is 1.35. The maximum Gasteiger partial charge on any atom is 0.123 e. The number of rotatable bonds is 3. The van der Waals surface area contributed by atoms with Crippen molar-refractivity contribution in [2.24, 2.45) is 5.92 Å². The lowest BCUT2D eigenvalue weighted by atomic mass is 9.83. The standard InChI is InChI=1S/C13H17FO2/c1-13(15,11-5-6-16-9-11)8-10-3-2-4-12(14)7-10/h2-4,7,11,15H,5-6,8-9H2,1H3. The monoisotopic (exact) mass is 224 g/mol. The predicted molar refractivity (Wildman–Crippen MR) is 59.7 cm³/mol. The third kappa shape index (κ3) is 2.60. The molecule has 0 saturated carbocycles. The normalized spacial score (nSPS) is 24.3. The van der Waals surface area contributed by atoms with Crippen LogP contribution in [-0.2, 0) is 11.2 Å². The van der Waals surface area contributed by atoms with Crippen LogP contribution in [0.15, 0.2) is 24.3 Å².